The second kappa shape index (κ2) is 11.9. The highest BCUT2D eigenvalue weighted by Gasteiger charge is 2.24. The maximum atomic E-state index is 11.8. The third-order valence-corrected chi connectivity index (χ3v) is 4.63. The molecule has 10 heteroatoms. The number of alkyl halides is 1. The summed E-state index contributed by atoms with van der Waals surface area (Å²) >= 11 is 5.58. The Kier molecular flexibility index (Phi) is 9.23. The summed E-state index contributed by atoms with van der Waals surface area (Å²) in [6.07, 6.45) is -0.900. The first-order chi connectivity index (χ1) is 15.8. The Labute approximate surface area is 196 Å². The topological polar surface area (TPSA) is 98.8 Å². The highest BCUT2D eigenvalue weighted by atomic mass is 35.5. The summed E-state index contributed by atoms with van der Waals surface area (Å²) in [5.74, 6) is -0.0235. The highest BCUT2D eigenvalue weighted by molar-refractivity contribution is 6.26. The van der Waals surface area contributed by atoms with Crippen LogP contribution in [0.4, 0.5) is 4.79 Å². The average Bonchev–Trinajstić information content (AvgIpc) is 2.83. The van der Waals surface area contributed by atoms with Gasteiger partial charge in [-0.25, -0.2) is 4.79 Å². The van der Waals surface area contributed by atoms with E-state index in [1.165, 1.54) is 28.4 Å². The number of ether oxygens (including phenoxy) is 7. The molecule has 9 nitrogen and oxygen atoms in total. The molecule has 0 unspecified atom stereocenters. The van der Waals surface area contributed by atoms with Gasteiger partial charge in [0.15, 0.2) is 23.0 Å². The lowest BCUT2D eigenvalue weighted by Gasteiger charge is -2.19. The van der Waals surface area contributed by atoms with Crippen LogP contribution in [0.15, 0.2) is 30.8 Å². The number of halogens is 1. The fourth-order valence-corrected chi connectivity index (χ4v) is 2.98. The van der Waals surface area contributed by atoms with Gasteiger partial charge in [-0.2, -0.15) is 0 Å². The molecule has 0 saturated heterocycles. The Morgan fingerprint density at radius 2 is 1.45 bits per heavy atom. The molecule has 178 valence electrons. The number of hydrogen-bond donors (Lipinski definition) is 0. The normalized spacial score (nSPS) is 10.1. The van der Waals surface area contributed by atoms with Crippen LogP contribution in [0.5, 0.6) is 34.5 Å². The Hall–Kier alpha value is -3.59. The van der Waals surface area contributed by atoms with Gasteiger partial charge in [0, 0.05) is 5.56 Å². The van der Waals surface area contributed by atoms with Crippen LogP contribution < -0.4 is 28.4 Å². The highest BCUT2D eigenvalue weighted by Crippen LogP contribution is 2.46. The number of rotatable bonds is 10. The minimum atomic E-state index is -0.900. The fraction of sp³-hybridized carbons (Fsp3) is 0.304. The quantitative estimate of drug-likeness (QED) is 0.211. The van der Waals surface area contributed by atoms with Gasteiger partial charge in [0.2, 0.25) is 11.5 Å². The van der Waals surface area contributed by atoms with Gasteiger partial charge in [0.25, 0.3) is 0 Å². The molecule has 0 heterocycles. The van der Waals surface area contributed by atoms with E-state index in [1.54, 1.807) is 31.2 Å². The van der Waals surface area contributed by atoms with Crippen molar-refractivity contribution in [3.05, 3.63) is 42.0 Å². The lowest BCUT2D eigenvalue weighted by molar-refractivity contribution is -0.131. The van der Waals surface area contributed by atoms with Crippen molar-refractivity contribution in [2.45, 2.75) is 6.92 Å². The van der Waals surface area contributed by atoms with Crippen LogP contribution in [-0.2, 0) is 9.53 Å². The van der Waals surface area contributed by atoms with E-state index in [0.29, 0.717) is 16.7 Å². The summed E-state index contributed by atoms with van der Waals surface area (Å²) in [4.78, 5) is 23.7. The zero-order valence-corrected chi connectivity index (χ0v) is 19.7. The van der Waals surface area contributed by atoms with E-state index >= 15 is 0 Å². The molecule has 0 aromatic heterocycles. The lowest BCUT2D eigenvalue weighted by Crippen LogP contribution is -2.12. The van der Waals surface area contributed by atoms with Gasteiger partial charge < -0.3 is 33.2 Å². The Morgan fingerprint density at radius 3 is 1.94 bits per heavy atom. The van der Waals surface area contributed by atoms with Crippen LogP contribution >= 0.6 is 11.6 Å². The average molecular weight is 481 g/mol. The van der Waals surface area contributed by atoms with Crippen LogP contribution in [-0.4, -0.2) is 53.1 Å². The van der Waals surface area contributed by atoms with Crippen molar-refractivity contribution >= 4 is 29.3 Å². The maximum absolute atomic E-state index is 11.8. The van der Waals surface area contributed by atoms with E-state index in [-0.39, 0.29) is 47.0 Å². The van der Waals surface area contributed by atoms with Crippen molar-refractivity contribution < 1.29 is 42.7 Å². The second-order valence-electron chi connectivity index (χ2n) is 6.26. The Bertz CT molecular complexity index is 1010. The summed E-state index contributed by atoms with van der Waals surface area (Å²) in [5.41, 5.74) is 1.52. The molecule has 0 atom stereocenters. The minimum Gasteiger partial charge on any atom is -0.493 e. The standard InChI is InChI=1S/C23H25ClO9/c1-7-31-23(26)33-21-17(28-4)10-14(11-18(21)29-5)13(2)15-8-9-16(27-3)22(20(15)30-6)32-19(25)12-24/h8-11H,2,7,12H2,1,3-6H3. The van der Waals surface area contributed by atoms with Gasteiger partial charge in [-0.15, -0.1) is 11.6 Å². The molecule has 0 spiro atoms. The van der Waals surface area contributed by atoms with Crippen LogP contribution in [0, 0.1) is 0 Å². The van der Waals surface area contributed by atoms with E-state index in [0.717, 1.165) is 0 Å². The van der Waals surface area contributed by atoms with E-state index in [2.05, 4.69) is 6.58 Å². The van der Waals surface area contributed by atoms with Crippen molar-refractivity contribution in [1.82, 2.24) is 0 Å². The molecule has 0 aliphatic carbocycles. The van der Waals surface area contributed by atoms with Crippen LogP contribution in [0.25, 0.3) is 5.57 Å². The molecule has 0 radical (unpaired) electrons. The molecule has 2 aromatic carbocycles. The SMILES string of the molecule is C=C(c1cc(OC)c(OC(=O)OCC)c(OC)c1)c1ccc(OC)c(OC(=O)CCl)c1OC. The molecule has 0 saturated carbocycles. The molecule has 0 N–H and O–H groups in total. The minimum absolute atomic E-state index is 0.0495. The Morgan fingerprint density at radius 1 is 0.848 bits per heavy atom. The number of carbonyl (C=O) groups is 2. The van der Waals surface area contributed by atoms with Crippen molar-refractivity contribution in [1.29, 1.82) is 0 Å². The van der Waals surface area contributed by atoms with Crippen LogP contribution in [0.1, 0.15) is 18.1 Å². The smallest absolute Gasteiger partial charge is 0.493 e. The van der Waals surface area contributed by atoms with Crippen molar-refractivity contribution in [3.63, 3.8) is 0 Å². The molecule has 0 amide bonds. The third kappa shape index (κ3) is 5.81. The summed E-state index contributed by atoms with van der Waals surface area (Å²) in [7, 11) is 5.67. The van der Waals surface area contributed by atoms with E-state index in [1.807, 2.05) is 0 Å². The van der Waals surface area contributed by atoms with Crippen molar-refractivity contribution in [2.75, 3.05) is 40.9 Å². The van der Waals surface area contributed by atoms with Gasteiger partial charge in [0.05, 0.1) is 35.0 Å². The summed E-state index contributed by atoms with van der Waals surface area (Å²) in [6, 6.07) is 6.51. The largest absolute Gasteiger partial charge is 0.514 e. The summed E-state index contributed by atoms with van der Waals surface area (Å²) < 4.78 is 37.0. The predicted molar refractivity (Wildman–Crippen MR) is 121 cm³/mol. The Balaban J connectivity index is 2.59. The summed E-state index contributed by atoms with van der Waals surface area (Å²) in [6.45, 7) is 5.94. The molecule has 33 heavy (non-hydrogen) atoms. The lowest BCUT2D eigenvalue weighted by atomic mass is 9.97. The van der Waals surface area contributed by atoms with Gasteiger partial charge in [-0.1, -0.05) is 6.58 Å². The number of methoxy groups -OCH3 is 4. The predicted octanol–water partition coefficient (Wildman–Crippen LogP) is 4.46. The van der Waals surface area contributed by atoms with E-state index < -0.39 is 12.1 Å². The fourth-order valence-electron chi connectivity index (χ4n) is 2.92. The molecule has 0 aliphatic rings. The first-order valence-electron chi connectivity index (χ1n) is 9.66. The molecular weight excluding hydrogens is 456 g/mol. The summed E-state index contributed by atoms with van der Waals surface area (Å²) in [5, 5.41) is 0. The van der Waals surface area contributed by atoms with Gasteiger partial charge in [-0.3, -0.25) is 4.79 Å². The second-order valence-corrected chi connectivity index (χ2v) is 6.53. The molecular formula is C23H25ClO9. The van der Waals surface area contributed by atoms with Crippen molar-refractivity contribution in [2.24, 2.45) is 0 Å². The molecule has 2 rings (SSSR count). The van der Waals surface area contributed by atoms with E-state index in [9.17, 15) is 9.59 Å². The van der Waals surface area contributed by atoms with Crippen LogP contribution in [0.2, 0.25) is 0 Å². The molecule has 2 aromatic rings. The van der Waals surface area contributed by atoms with Crippen molar-refractivity contribution in [3.8, 4) is 34.5 Å². The number of hydrogen-bond acceptors (Lipinski definition) is 9. The van der Waals surface area contributed by atoms with Gasteiger partial charge >= 0.3 is 12.1 Å². The zero-order valence-electron chi connectivity index (χ0n) is 19.0. The first kappa shape index (κ1) is 25.7. The first-order valence-corrected chi connectivity index (χ1v) is 10.2. The maximum Gasteiger partial charge on any atom is 0.514 e. The zero-order chi connectivity index (χ0) is 24.5. The number of carbonyl (C=O) groups excluding carboxylic acids is 2. The molecule has 0 bridgehead atoms. The molecule has 0 aliphatic heterocycles. The number of esters is 1. The van der Waals surface area contributed by atoms with Gasteiger partial charge in [-0.05, 0) is 42.3 Å². The van der Waals surface area contributed by atoms with Gasteiger partial charge in [0.1, 0.15) is 5.88 Å². The van der Waals surface area contributed by atoms with Crippen LogP contribution in [0.3, 0.4) is 0 Å². The monoisotopic (exact) mass is 480 g/mol. The third-order valence-electron chi connectivity index (χ3n) is 4.41. The van der Waals surface area contributed by atoms with E-state index in [4.69, 9.17) is 44.8 Å². The number of benzene rings is 2. The molecule has 0 fully saturated rings.